The van der Waals surface area contributed by atoms with E-state index in [0.717, 1.165) is 0 Å². The van der Waals surface area contributed by atoms with Crippen LogP contribution in [0.4, 0.5) is 14.5 Å². The van der Waals surface area contributed by atoms with Gasteiger partial charge in [-0.15, -0.1) is 0 Å². The molecule has 0 spiro atoms. The molecule has 0 aliphatic heterocycles. The average Bonchev–Trinajstić information content (AvgIpc) is 2.94. The van der Waals surface area contributed by atoms with E-state index >= 15 is 0 Å². The van der Waals surface area contributed by atoms with E-state index in [0.29, 0.717) is 28.1 Å². The fourth-order valence-corrected chi connectivity index (χ4v) is 2.34. The van der Waals surface area contributed by atoms with Crippen LogP contribution in [-0.2, 0) is 9.53 Å². The topological polar surface area (TPSA) is 68.5 Å². The molecule has 1 aromatic heterocycles. The summed E-state index contributed by atoms with van der Waals surface area (Å²) in [6.45, 7) is 3.05. The Morgan fingerprint density at radius 3 is 2.42 bits per heavy atom. The normalized spacial score (nSPS) is 12.0. The number of thioether (sulfide) groups is 1. The molecule has 1 N–H and O–H groups in total. The SMILES string of the molecule is Cc1occc1C(=O)O[C@@H](C)C(=O)Nc1ccc(SC(F)F)cc1. The van der Waals surface area contributed by atoms with Crippen LogP contribution in [0.25, 0.3) is 0 Å². The van der Waals surface area contributed by atoms with Crippen molar-refractivity contribution in [3.05, 3.63) is 47.9 Å². The van der Waals surface area contributed by atoms with Crippen molar-refractivity contribution in [1.29, 1.82) is 0 Å². The largest absolute Gasteiger partial charge is 0.469 e. The van der Waals surface area contributed by atoms with Gasteiger partial charge in [0, 0.05) is 10.6 Å². The Morgan fingerprint density at radius 1 is 1.21 bits per heavy atom. The van der Waals surface area contributed by atoms with Gasteiger partial charge in [-0.3, -0.25) is 4.79 Å². The molecule has 0 aliphatic rings. The summed E-state index contributed by atoms with van der Waals surface area (Å²) in [5.74, 6) is -3.29. The molecule has 5 nitrogen and oxygen atoms in total. The molecule has 1 amide bonds. The van der Waals surface area contributed by atoms with Crippen LogP contribution in [0.3, 0.4) is 0 Å². The second kappa shape index (κ2) is 7.96. The first-order chi connectivity index (χ1) is 11.4. The number of anilines is 1. The second-order valence-electron chi connectivity index (χ2n) is 4.83. The number of ether oxygens (including phenoxy) is 1. The first kappa shape index (κ1) is 18.0. The Hall–Kier alpha value is -2.35. The molecule has 0 unspecified atom stereocenters. The smallest absolute Gasteiger partial charge is 0.342 e. The van der Waals surface area contributed by atoms with Crippen LogP contribution >= 0.6 is 11.8 Å². The van der Waals surface area contributed by atoms with Crippen molar-refractivity contribution in [3.8, 4) is 0 Å². The average molecular weight is 355 g/mol. The number of halogens is 2. The maximum Gasteiger partial charge on any atom is 0.342 e. The minimum Gasteiger partial charge on any atom is -0.469 e. The van der Waals surface area contributed by atoms with Crippen molar-refractivity contribution in [3.63, 3.8) is 0 Å². The molecule has 2 aromatic rings. The predicted octanol–water partition coefficient (Wildman–Crippen LogP) is 4.09. The van der Waals surface area contributed by atoms with Crippen LogP contribution in [-0.4, -0.2) is 23.7 Å². The Balaban J connectivity index is 1.91. The number of nitrogens with one attached hydrogen (secondary N) is 1. The number of furan rings is 1. The van der Waals surface area contributed by atoms with Crippen molar-refractivity contribution in [2.45, 2.75) is 30.6 Å². The summed E-state index contributed by atoms with van der Waals surface area (Å²) >= 11 is 0.416. The zero-order valence-corrected chi connectivity index (χ0v) is 13.7. The zero-order chi connectivity index (χ0) is 17.7. The van der Waals surface area contributed by atoms with Gasteiger partial charge in [-0.25, -0.2) is 4.79 Å². The van der Waals surface area contributed by atoms with Gasteiger partial charge in [-0.1, -0.05) is 11.8 Å². The summed E-state index contributed by atoms with van der Waals surface area (Å²) in [4.78, 5) is 24.3. The second-order valence-corrected chi connectivity index (χ2v) is 5.89. The number of hydrogen-bond donors (Lipinski definition) is 1. The number of amides is 1. The minimum absolute atomic E-state index is 0.253. The number of esters is 1. The fraction of sp³-hybridized carbons (Fsp3) is 0.250. The molecule has 0 aliphatic carbocycles. The van der Waals surface area contributed by atoms with E-state index < -0.39 is 23.7 Å². The summed E-state index contributed by atoms with van der Waals surface area (Å²) in [6.07, 6.45) is 0.331. The number of carbonyl (C=O) groups is 2. The lowest BCUT2D eigenvalue weighted by Crippen LogP contribution is -2.30. The third kappa shape index (κ3) is 4.82. The van der Waals surface area contributed by atoms with Crippen molar-refractivity contribution < 1.29 is 27.5 Å². The van der Waals surface area contributed by atoms with E-state index in [1.165, 1.54) is 43.5 Å². The number of benzene rings is 1. The number of aryl methyl sites for hydroxylation is 1. The first-order valence-electron chi connectivity index (χ1n) is 6.97. The standard InChI is InChI=1S/C16H15F2NO4S/c1-9-13(7-8-22-9)15(21)23-10(2)14(20)19-11-3-5-12(6-4-11)24-16(17)18/h3-8,10,16H,1-2H3,(H,19,20)/t10-/m0/s1. The quantitative estimate of drug-likeness (QED) is 0.624. The third-order valence-electron chi connectivity index (χ3n) is 3.08. The summed E-state index contributed by atoms with van der Waals surface area (Å²) in [5.41, 5.74) is 0.670. The van der Waals surface area contributed by atoms with Crippen LogP contribution in [0.5, 0.6) is 0 Å². The maximum absolute atomic E-state index is 12.2. The summed E-state index contributed by atoms with van der Waals surface area (Å²) < 4.78 is 34.6. The maximum atomic E-state index is 12.2. The van der Waals surface area contributed by atoms with Gasteiger partial charge >= 0.3 is 5.97 Å². The molecule has 1 aromatic carbocycles. The highest BCUT2D eigenvalue weighted by atomic mass is 32.2. The van der Waals surface area contributed by atoms with E-state index in [9.17, 15) is 18.4 Å². The van der Waals surface area contributed by atoms with Gasteiger partial charge in [0.1, 0.15) is 11.3 Å². The number of rotatable bonds is 6. The van der Waals surface area contributed by atoms with Crippen LogP contribution < -0.4 is 5.32 Å². The van der Waals surface area contributed by atoms with Crippen molar-refractivity contribution in [2.24, 2.45) is 0 Å². The van der Waals surface area contributed by atoms with E-state index in [4.69, 9.17) is 9.15 Å². The Labute approximate surface area is 141 Å². The highest BCUT2D eigenvalue weighted by Gasteiger charge is 2.21. The lowest BCUT2D eigenvalue weighted by molar-refractivity contribution is -0.123. The van der Waals surface area contributed by atoms with Gasteiger partial charge in [0.2, 0.25) is 0 Å². The summed E-state index contributed by atoms with van der Waals surface area (Å²) in [5, 5.41) is 2.55. The summed E-state index contributed by atoms with van der Waals surface area (Å²) in [6, 6.07) is 7.40. The van der Waals surface area contributed by atoms with Crippen molar-refractivity contribution in [2.75, 3.05) is 5.32 Å². The van der Waals surface area contributed by atoms with Gasteiger partial charge < -0.3 is 14.5 Å². The highest BCUT2D eigenvalue weighted by Crippen LogP contribution is 2.26. The predicted molar refractivity (Wildman–Crippen MR) is 85.3 cm³/mol. The van der Waals surface area contributed by atoms with Crippen LogP contribution in [0.2, 0.25) is 0 Å². The molecule has 8 heteroatoms. The Kier molecular flexibility index (Phi) is 5.97. The summed E-state index contributed by atoms with van der Waals surface area (Å²) in [7, 11) is 0. The molecule has 0 saturated heterocycles. The molecular formula is C16H15F2NO4S. The number of alkyl halides is 2. The molecule has 1 atom stereocenters. The molecule has 1 heterocycles. The van der Waals surface area contributed by atoms with E-state index in [1.807, 2.05) is 0 Å². The molecule has 0 bridgehead atoms. The molecule has 0 saturated carbocycles. The molecule has 2 rings (SSSR count). The van der Waals surface area contributed by atoms with Gasteiger partial charge in [-0.05, 0) is 44.2 Å². The van der Waals surface area contributed by atoms with Crippen LogP contribution in [0.1, 0.15) is 23.0 Å². The van der Waals surface area contributed by atoms with Gasteiger partial charge in [0.25, 0.3) is 11.7 Å². The van der Waals surface area contributed by atoms with Gasteiger partial charge in [0.15, 0.2) is 6.10 Å². The monoisotopic (exact) mass is 355 g/mol. The Bertz CT molecular complexity index is 715. The van der Waals surface area contributed by atoms with Gasteiger partial charge in [-0.2, -0.15) is 8.78 Å². The van der Waals surface area contributed by atoms with Crippen LogP contribution in [0, 0.1) is 6.92 Å². The van der Waals surface area contributed by atoms with E-state index in [-0.39, 0.29) is 5.56 Å². The molecule has 128 valence electrons. The Morgan fingerprint density at radius 2 is 1.88 bits per heavy atom. The fourth-order valence-electron chi connectivity index (χ4n) is 1.84. The lowest BCUT2D eigenvalue weighted by atomic mass is 10.2. The van der Waals surface area contributed by atoms with E-state index in [1.54, 1.807) is 6.92 Å². The molecule has 0 radical (unpaired) electrons. The lowest BCUT2D eigenvalue weighted by Gasteiger charge is -2.13. The molecular weight excluding hydrogens is 340 g/mol. The molecule has 0 fully saturated rings. The zero-order valence-electron chi connectivity index (χ0n) is 12.9. The number of hydrogen-bond acceptors (Lipinski definition) is 5. The van der Waals surface area contributed by atoms with Crippen molar-refractivity contribution in [1.82, 2.24) is 0 Å². The van der Waals surface area contributed by atoms with Crippen molar-refractivity contribution >= 4 is 29.3 Å². The third-order valence-corrected chi connectivity index (χ3v) is 3.80. The van der Waals surface area contributed by atoms with E-state index in [2.05, 4.69) is 5.32 Å². The first-order valence-corrected chi connectivity index (χ1v) is 7.85. The van der Waals surface area contributed by atoms with Crippen LogP contribution in [0.15, 0.2) is 45.9 Å². The number of carbonyl (C=O) groups excluding carboxylic acids is 2. The highest BCUT2D eigenvalue weighted by molar-refractivity contribution is 7.99. The molecule has 24 heavy (non-hydrogen) atoms. The van der Waals surface area contributed by atoms with Gasteiger partial charge in [0.05, 0.1) is 6.26 Å². The minimum atomic E-state index is -2.50.